The molecule has 1 aliphatic heterocycles. The highest BCUT2D eigenvalue weighted by atomic mass is 16.6. The number of alkyl carbamates (subject to hydrolysis) is 1. The van der Waals surface area contributed by atoms with E-state index in [-0.39, 0.29) is 11.9 Å². The molecule has 7 heteroatoms. The lowest BCUT2D eigenvalue weighted by Gasteiger charge is -2.32. The number of carbonyl (C=O) groups excluding carboxylic acids is 3. The van der Waals surface area contributed by atoms with E-state index in [4.69, 9.17) is 9.47 Å². The number of likely N-dealkylation sites (tertiary alicyclic amines) is 1. The van der Waals surface area contributed by atoms with Crippen molar-refractivity contribution >= 4 is 18.0 Å². The van der Waals surface area contributed by atoms with Crippen LogP contribution in [0.25, 0.3) is 0 Å². The molecule has 0 aliphatic carbocycles. The third kappa shape index (κ3) is 6.73. The number of esters is 1. The molecule has 0 aromatic rings. The molecule has 27 heavy (non-hydrogen) atoms. The van der Waals surface area contributed by atoms with Crippen LogP contribution >= 0.6 is 0 Å². The lowest BCUT2D eigenvalue weighted by Crippen LogP contribution is -2.54. The smallest absolute Gasteiger partial charge is 0.408 e. The van der Waals surface area contributed by atoms with Crippen molar-refractivity contribution in [3.8, 4) is 0 Å². The summed E-state index contributed by atoms with van der Waals surface area (Å²) in [5, 5.41) is 2.66. The van der Waals surface area contributed by atoms with E-state index >= 15 is 0 Å². The Labute approximate surface area is 161 Å². The van der Waals surface area contributed by atoms with Crippen LogP contribution in [-0.2, 0) is 19.1 Å². The molecule has 1 fully saturated rings. The molecule has 0 saturated carbocycles. The number of rotatable bonds is 8. The van der Waals surface area contributed by atoms with Gasteiger partial charge in [-0.2, -0.15) is 0 Å². The molecule has 1 N–H and O–H groups in total. The van der Waals surface area contributed by atoms with Gasteiger partial charge in [0.15, 0.2) is 0 Å². The van der Waals surface area contributed by atoms with E-state index in [9.17, 15) is 14.4 Å². The van der Waals surface area contributed by atoms with E-state index in [1.165, 1.54) is 12.0 Å². The molecule has 1 aliphatic rings. The van der Waals surface area contributed by atoms with Crippen LogP contribution in [0.15, 0.2) is 25.3 Å². The van der Waals surface area contributed by atoms with Gasteiger partial charge in [-0.25, -0.2) is 9.59 Å². The zero-order valence-corrected chi connectivity index (χ0v) is 16.8. The number of nitrogens with one attached hydrogen (secondary N) is 1. The zero-order chi connectivity index (χ0) is 20.6. The van der Waals surface area contributed by atoms with E-state index in [0.29, 0.717) is 32.1 Å². The summed E-state index contributed by atoms with van der Waals surface area (Å²) < 4.78 is 10.1. The summed E-state index contributed by atoms with van der Waals surface area (Å²) in [4.78, 5) is 39.0. The van der Waals surface area contributed by atoms with Crippen molar-refractivity contribution in [1.82, 2.24) is 10.2 Å². The van der Waals surface area contributed by atoms with E-state index in [1.807, 2.05) is 0 Å². The fraction of sp³-hybridized carbons (Fsp3) is 0.650. The number of hydrogen-bond acceptors (Lipinski definition) is 5. The topological polar surface area (TPSA) is 84.9 Å². The Balaban J connectivity index is 3.00. The van der Waals surface area contributed by atoms with Crippen LogP contribution in [0.1, 0.15) is 52.9 Å². The van der Waals surface area contributed by atoms with Crippen LogP contribution in [0, 0.1) is 0 Å². The average Bonchev–Trinajstić information content (AvgIpc) is 3.02. The maximum Gasteiger partial charge on any atom is 0.408 e. The SMILES string of the molecule is C=CCCC[C@H](NC(=O)OC(C)(C)C)C(=O)N1[C@@H](C=C)CC[C@H]1C(=O)OC. The predicted molar refractivity (Wildman–Crippen MR) is 103 cm³/mol. The number of amides is 2. The van der Waals surface area contributed by atoms with Gasteiger partial charge in [0.05, 0.1) is 13.2 Å². The second-order valence-corrected chi connectivity index (χ2v) is 7.58. The van der Waals surface area contributed by atoms with Crippen molar-refractivity contribution in [3.05, 3.63) is 25.3 Å². The fourth-order valence-corrected chi connectivity index (χ4v) is 3.11. The number of hydrogen-bond donors (Lipinski definition) is 1. The summed E-state index contributed by atoms with van der Waals surface area (Å²) in [5.74, 6) is -0.794. The third-order valence-electron chi connectivity index (χ3n) is 4.32. The summed E-state index contributed by atoms with van der Waals surface area (Å²) in [5.41, 5.74) is -0.676. The summed E-state index contributed by atoms with van der Waals surface area (Å²) in [7, 11) is 1.30. The second-order valence-electron chi connectivity index (χ2n) is 7.58. The molecule has 1 rings (SSSR count). The molecular weight excluding hydrogens is 348 g/mol. The van der Waals surface area contributed by atoms with Crippen LogP contribution in [0.3, 0.4) is 0 Å². The number of nitrogens with zero attached hydrogens (tertiary/aromatic N) is 1. The van der Waals surface area contributed by atoms with Crippen molar-refractivity contribution in [2.75, 3.05) is 7.11 Å². The van der Waals surface area contributed by atoms with Gasteiger partial charge in [-0.1, -0.05) is 12.2 Å². The molecule has 0 spiro atoms. The Morgan fingerprint density at radius 1 is 1.26 bits per heavy atom. The van der Waals surface area contributed by atoms with Crippen LogP contribution in [-0.4, -0.2) is 53.7 Å². The normalized spacial score (nSPS) is 20.5. The summed E-state index contributed by atoms with van der Waals surface area (Å²) in [6, 6.07) is -1.75. The number of methoxy groups -OCH3 is 1. The Hall–Kier alpha value is -2.31. The molecular formula is C20H32N2O5. The van der Waals surface area contributed by atoms with Crippen LogP contribution in [0.2, 0.25) is 0 Å². The van der Waals surface area contributed by atoms with Gasteiger partial charge >= 0.3 is 12.1 Å². The maximum absolute atomic E-state index is 13.2. The molecule has 0 unspecified atom stereocenters. The minimum Gasteiger partial charge on any atom is -0.467 e. The van der Waals surface area contributed by atoms with Gasteiger partial charge in [-0.15, -0.1) is 13.2 Å². The third-order valence-corrected chi connectivity index (χ3v) is 4.32. The molecule has 0 bridgehead atoms. The largest absolute Gasteiger partial charge is 0.467 e. The first-order chi connectivity index (χ1) is 12.6. The highest BCUT2D eigenvalue weighted by molar-refractivity contribution is 5.90. The number of unbranched alkanes of at least 4 members (excludes halogenated alkanes) is 1. The molecule has 7 nitrogen and oxygen atoms in total. The lowest BCUT2D eigenvalue weighted by atomic mass is 10.1. The molecule has 0 aromatic carbocycles. The molecule has 0 aromatic heterocycles. The van der Waals surface area contributed by atoms with Crippen LogP contribution in [0.5, 0.6) is 0 Å². The van der Waals surface area contributed by atoms with Crippen molar-refractivity contribution < 1.29 is 23.9 Å². The van der Waals surface area contributed by atoms with Gasteiger partial charge < -0.3 is 19.7 Å². The first-order valence-corrected chi connectivity index (χ1v) is 9.27. The Morgan fingerprint density at radius 2 is 1.93 bits per heavy atom. The standard InChI is InChI=1S/C20H32N2O5/c1-7-9-10-11-15(21-19(25)27-20(3,4)5)17(23)22-14(8-2)12-13-16(22)18(24)26-6/h7-8,14-16H,1-2,9-13H2,3-6H3,(H,21,25)/t14-,15-,16-/m0/s1. The highest BCUT2D eigenvalue weighted by Crippen LogP contribution is 2.27. The van der Waals surface area contributed by atoms with E-state index in [2.05, 4.69) is 18.5 Å². The second kappa shape index (κ2) is 10.1. The summed E-state index contributed by atoms with van der Waals surface area (Å²) in [6.45, 7) is 12.7. The van der Waals surface area contributed by atoms with Crippen molar-refractivity contribution in [2.24, 2.45) is 0 Å². The number of carbonyl (C=O) groups is 3. The van der Waals surface area contributed by atoms with Gasteiger partial charge in [0.25, 0.3) is 0 Å². The number of allylic oxidation sites excluding steroid dienone is 1. The van der Waals surface area contributed by atoms with E-state index < -0.39 is 29.7 Å². The Bertz CT molecular complexity index is 567. The lowest BCUT2D eigenvalue weighted by molar-refractivity contribution is -0.152. The quantitative estimate of drug-likeness (QED) is 0.398. The summed E-state index contributed by atoms with van der Waals surface area (Å²) in [6.07, 6.45) is 5.67. The minimum absolute atomic E-state index is 0.274. The van der Waals surface area contributed by atoms with Gasteiger partial charge in [0.2, 0.25) is 5.91 Å². The summed E-state index contributed by atoms with van der Waals surface area (Å²) >= 11 is 0. The van der Waals surface area contributed by atoms with Crippen LogP contribution in [0.4, 0.5) is 4.79 Å². The van der Waals surface area contributed by atoms with Crippen molar-refractivity contribution in [2.45, 2.75) is 76.6 Å². The Kier molecular flexibility index (Phi) is 8.53. The molecule has 0 radical (unpaired) electrons. The van der Waals surface area contributed by atoms with E-state index in [1.54, 1.807) is 32.9 Å². The average molecular weight is 380 g/mol. The first-order valence-electron chi connectivity index (χ1n) is 9.27. The number of ether oxygens (including phenoxy) is 2. The molecule has 152 valence electrons. The molecule has 3 atom stereocenters. The maximum atomic E-state index is 13.2. The van der Waals surface area contributed by atoms with Gasteiger partial charge in [-0.3, -0.25) is 4.79 Å². The van der Waals surface area contributed by atoms with Gasteiger partial charge in [-0.05, 0) is 52.9 Å². The minimum atomic E-state index is -0.799. The molecule has 1 heterocycles. The Morgan fingerprint density at radius 3 is 2.44 bits per heavy atom. The van der Waals surface area contributed by atoms with Crippen molar-refractivity contribution in [3.63, 3.8) is 0 Å². The monoisotopic (exact) mass is 380 g/mol. The first kappa shape index (κ1) is 22.7. The fourth-order valence-electron chi connectivity index (χ4n) is 3.11. The van der Waals surface area contributed by atoms with Gasteiger partial charge in [0, 0.05) is 0 Å². The van der Waals surface area contributed by atoms with Crippen LogP contribution < -0.4 is 5.32 Å². The van der Waals surface area contributed by atoms with Gasteiger partial charge in [0.1, 0.15) is 17.7 Å². The molecule has 2 amide bonds. The predicted octanol–water partition coefficient (Wildman–Crippen LogP) is 2.95. The highest BCUT2D eigenvalue weighted by Gasteiger charge is 2.42. The van der Waals surface area contributed by atoms with E-state index in [0.717, 1.165) is 0 Å². The molecule has 1 saturated heterocycles. The zero-order valence-electron chi connectivity index (χ0n) is 16.8. The van der Waals surface area contributed by atoms with Crippen molar-refractivity contribution in [1.29, 1.82) is 0 Å².